The highest BCUT2D eigenvalue weighted by Crippen LogP contribution is 2.33. The maximum atomic E-state index is 13.1. The number of imide groups is 1. The van der Waals surface area contributed by atoms with Gasteiger partial charge in [0.1, 0.15) is 11.3 Å². The molecule has 0 atom stereocenters. The van der Waals surface area contributed by atoms with E-state index < -0.39 is 5.54 Å². The number of anilines is 1. The zero-order valence-electron chi connectivity index (χ0n) is 16.8. The van der Waals surface area contributed by atoms with Crippen LogP contribution in [0.25, 0.3) is 0 Å². The first kappa shape index (κ1) is 18.9. The molecule has 29 heavy (non-hydrogen) atoms. The van der Waals surface area contributed by atoms with Gasteiger partial charge in [0.25, 0.3) is 5.91 Å². The molecule has 4 heterocycles. The van der Waals surface area contributed by atoms with Crippen molar-refractivity contribution in [2.75, 3.05) is 4.90 Å². The predicted molar refractivity (Wildman–Crippen MR) is 104 cm³/mol. The number of carbonyl (C=O) groups excluding carboxylic acids is 2. The fourth-order valence-electron chi connectivity index (χ4n) is 3.43. The average Bonchev–Trinajstić information content (AvgIpc) is 3.32. The van der Waals surface area contributed by atoms with E-state index in [9.17, 15) is 9.59 Å². The fourth-order valence-corrected chi connectivity index (χ4v) is 3.43. The van der Waals surface area contributed by atoms with Crippen LogP contribution in [0.2, 0.25) is 0 Å². The van der Waals surface area contributed by atoms with Gasteiger partial charge in [-0.3, -0.25) is 14.5 Å². The number of carbonyl (C=O) groups is 2. The van der Waals surface area contributed by atoms with Crippen LogP contribution in [0, 0.1) is 13.8 Å². The lowest BCUT2D eigenvalue weighted by molar-refractivity contribution is -0.123. The van der Waals surface area contributed by atoms with E-state index in [1.54, 1.807) is 30.9 Å². The number of aryl methyl sites for hydroxylation is 2. The minimum absolute atomic E-state index is 0.252. The van der Waals surface area contributed by atoms with Gasteiger partial charge < -0.3 is 9.42 Å². The second-order valence-electron chi connectivity index (χ2n) is 7.59. The van der Waals surface area contributed by atoms with Crippen LogP contribution < -0.4 is 4.90 Å². The number of urea groups is 1. The molecule has 1 aliphatic heterocycles. The first-order chi connectivity index (χ1) is 13.8. The number of hydrogen-bond acceptors (Lipinski definition) is 6. The summed E-state index contributed by atoms with van der Waals surface area (Å²) < 4.78 is 6.85. The van der Waals surface area contributed by atoms with Crippen molar-refractivity contribution in [2.24, 2.45) is 0 Å². The van der Waals surface area contributed by atoms with Gasteiger partial charge in [-0.15, -0.1) is 0 Å². The molecule has 4 rings (SSSR count). The van der Waals surface area contributed by atoms with Gasteiger partial charge in [0.2, 0.25) is 0 Å². The van der Waals surface area contributed by atoms with Gasteiger partial charge in [-0.2, -0.15) is 5.10 Å². The molecule has 0 N–H and O–H groups in total. The monoisotopic (exact) mass is 394 g/mol. The third-order valence-electron chi connectivity index (χ3n) is 5.25. The molecule has 0 radical (unpaired) electrons. The molecule has 3 aromatic rings. The average molecular weight is 394 g/mol. The minimum Gasteiger partial charge on any atom is -0.361 e. The maximum absolute atomic E-state index is 13.1. The lowest BCUT2D eigenvalue weighted by atomic mass is 10.0. The largest absolute Gasteiger partial charge is 0.361 e. The number of nitrogens with zero attached hydrogens (tertiary/aromatic N) is 6. The number of hydrogen-bond donors (Lipinski definition) is 0. The standard InChI is InChI=1S/C20H22N6O3/c1-13-17(14(2)29-23-13)12-24-11-16(9-22-24)26-18(27)20(3,4)25(19(26)28)10-15-7-5-6-8-21-15/h5-9,11H,10,12H2,1-4H3. The van der Waals surface area contributed by atoms with Crippen molar-refractivity contribution < 1.29 is 14.1 Å². The summed E-state index contributed by atoms with van der Waals surface area (Å²) in [5.74, 6) is 0.422. The highest BCUT2D eigenvalue weighted by atomic mass is 16.5. The van der Waals surface area contributed by atoms with Gasteiger partial charge in [-0.25, -0.2) is 9.69 Å². The van der Waals surface area contributed by atoms with Gasteiger partial charge in [-0.05, 0) is 39.8 Å². The molecule has 0 aliphatic carbocycles. The third kappa shape index (κ3) is 3.18. The Hall–Kier alpha value is -3.49. The zero-order chi connectivity index (χ0) is 20.8. The van der Waals surface area contributed by atoms with Gasteiger partial charge in [-0.1, -0.05) is 11.2 Å². The maximum Gasteiger partial charge on any atom is 0.332 e. The summed E-state index contributed by atoms with van der Waals surface area (Å²) >= 11 is 0. The Morgan fingerprint density at radius 2 is 1.93 bits per heavy atom. The summed E-state index contributed by atoms with van der Waals surface area (Å²) in [7, 11) is 0. The summed E-state index contributed by atoms with van der Waals surface area (Å²) in [6, 6.07) is 5.11. The molecule has 1 saturated heterocycles. The summed E-state index contributed by atoms with van der Waals surface area (Å²) in [6.45, 7) is 7.88. The quantitative estimate of drug-likeness (QED) is 0.617. The Morgan fingerprint density at radius 3 is 2.59 bits per heavy atom. The molecule has 0 bridgehead atoms. The minimum atomic E-state index is -0.988. The number of amides is 3. The normalized spacial score (nSPS) is 16.1. The summed E-state index contributed by atoms with van der Waals surface area (Å²) in [6.07, 6.45) is 4.87. The van der Waals surface area contributed by atoms with E-state index in [-0.39, 0.29) is 18.5 Å². The van der Waals surface area contributed by atoms with Crippen molar-refractivity contribution in [3.63, 3.8) is 0 Å². The zero-order valence-corrected chi connectivity index (χ0v) is 16.8. The number of pyridine rings is 1. The first-order valence-corrected chi connectivity index (χ1v) is 9.29. The molecular weight excluding hydrogens is 372 g/mol. The summed E-state index contributed by atoms with van der Waals surface area (Å²) in [5.41, 5.74) is 1.88. The Bertz CT molecular complexity index is 1050. The van der Waals surface area contributed by atoms with Crippen LogP contribution in [0.3, 0.4) is 0 Å². The topological polar surface area (TPSA) is 97.4 Å². The smallest absolute Gasteiger partial charge is 0.332 e. The summed E-state index contributed by atoms with van der Waals surface area (Å²) in [4.78, 5) is 33.1. The van der Waals surface area contributed by atoms with Gasteiger partial charge in [0, 0.05) is 18.0 Å². The van der Waals surface area contributed by atoms with Crippen molar-refractivity contribution in [3.05, 3.63) is 59.5 Å². The van der Waals surface area contributed by atoms with Gasteiger partial charge in [0.05, 0.1) is 36.4 Å². The van der Waals surface area contributed by atoms with E-state index in [2.05, 4.69) is 15.2 Å². The third-order valence-corrected chi connectivity index (χ3v) is 5.25. The van der Waals surface area contributed by atoms with Crippen LogP contribution in [-0.2, 0) is 17.9 Å². The predicted octanol–water partition coefficient (Wildman–Crippen LogP) is 2.68. The van der Waals surface area contributed by atoms with Crippen LogP contribution in [0.1, 0.15) is 36.6 Å². The Morgan fingerprint density at radius 1 is 1.14 bits per heavy atom. The highest BCUT2D eigenvalue weighted by Gasteiger charge is 2.52. The van der Waals surface area contributed by atoms with E-state index in [1.807, 2.05) is 32.0 Å². The number of aromatic nitrogens is 4. The molecule has 1 fully saturated rings. The van der Waals surface area contributed by atoms with Gasteiger partial charge in [0.15, 0.2) is 0 Å². The van der Waals surface area contributed by atoms with Crippen LogP contribution in [0.15, 0.2) is 41.3 Å². The molecule has 9 heteroatoms. The van der Waals surface area contributed by atoms with Gasteiger partial charge >= 0.3 is 6.03 Å². The van der Waals surface area contributed by atoms with E-state index in [0.29, 0.717) is 12.2 Å². The Labute approximate surface area is 167 Å². The van der Waals surface area contributed by atoms with E-state index >= 15 is 0 Å². The Kier molecular flexibility index (Phi) is 4.45. The van der Waals surface area contributed by atoms with Crippen molar-refractivity contribution in [1.29, 1.82) is 0 Å². The fraction of sp³-hybridized carbons (Fsp3) is 0.350. The van der Waals surface area contributed by atoms with Crippen LogP contribution in [0.5, 0.6) is 0 Å². The number of rotatable bonds is 5. The Balaban J connectivity index is 1.59. The van der Waals surface area contributed by atoms with Crippen LogP contribution >= 0.6 is 0 Å². The van der Waals surface area contributed by atoms with Crippen molar-refractivity contribution in [3.8, 4) is 0 Å². The van der Waals surface area contributed by atoms with E-state index in [0.717, 1.165) is 22.7 Å². The SMILES string of the molecule is Cc1noc(C)c1Cn1cc(N2C(=O)N(Cc3ccccn3)C(C)(C)C2=O)cn1. The second-order valence-corrected chi connectivity index (χ2v) is 7.59. The van der Waals surface area contributed by atoms with Crippen molar-refractivity contribution in [1.82, 2.24) is 24.8 Å². The molecule has 0 unspecified atom stereocenters. The lowest BCUT2D eigenvalue weighted by Crippen LogP contribution is -2.43. The van der Waals surface area contributed by atoms with Crippen molar-refractivity contribution >= 4 is 17.6 Å². The van der Waals surface area contributed by atoms with Crippen molar-refractivity contribution in [2.45, 2.75) is 46.3 Å². The molecule has 3 amide bonds. The molecular formula is C20H22N6O3. The molecule has 0 aromatic carbocycles. The lowest BCUT2D eigenvalue weighted by Gasteiger charge is -2.27. The molecule has 0 spiro atoms. The summed E-state index contributed by atoms with van der Waals surface area (Å²) in [5, 5.41) is 8.26. The van der Waals surface area contributed by atoms with E-state index in [1.165, 1.54) is 16.0 Å². The van der Waals surface area contributed by atoms with E-state index in [4.69, 9.17) is 4.52 Å². The molecule has 1 aliphatic rings. The van der Waals surface area contributed by atoms with Crippen LogP contribution in [0.4, 0.5) is 10.5 Å². The molecule has 150 valence electrons. The molecule has 9 nitrogen and oxygen atoms in total. The highest BCUT2D eigenvalue weighted by molar-refractivity contribution is 6.22. The van der Waals surface area contributed by atoms with Crippen LogP contribution in [-0.4, -0.2) is 42.3 Å². The first-order valence-electron chi connectivity index (χ1n) is 9.29. The molecule has 3 aromatic heterocycles. The second kappa shape index (κ2) is 6.84. The molecule has 0 saturated carbocycles.